The first-order valence-electron chi connectivity index (χ1n) is 10.8. The van der Waals surface area contributed by atoms with Gasteiger partial charge in [0.2, 0.25) is 0 Å². The number of H-pyrrole nitrogens is 1. The highest BCUT2D eigenvalue weighted by atomic mass is 16.2. The minimum Gasteiger partial charge on any atom is -0.346 e. The molecular formula is C24H28N6O. The SMILES string of the molecule is Cc1nc(-c2cc(C(=O)N3CCC(C4=CC5=CNNN5C=C4)CC3)ccc2C)c(C)[nH]1. The van der Waals surface area contributed by atoms with E-state index in [0.29, 0.717) is 5.92 Å². The molecule has 0 saturated carbocycles. The van der Waals surface area contributed by atoms with Gasteiger partial charge in [-0.25, -0.2) is 4.98 Å². The number of nitrogens with zero attached hydrogens (tertiary/aromatic N) is 3. The Morgan fingerprint density at radius 2 is 1.97 bits per heavy atom. The number of aromatic nitrogens is 2. The van der Waals surface area contributed by atoms with Crippen LogP contribution in [-0.2, 0) is 0 Å². The minimum atomic E-state index is 0.107. The summed E-state index contributed by atoms with van der Waals surface area (Å²) >= 11 is 0. The highest BCUT2D eigenvalue weighted by molar-refractivity contribution is 5.95. The van der Waals surface area contributed by atoms with Crippen molar-refractivity contribution < 1.29 is 4.79 Å². The van der Waals surface area contributed by atoms with E-state index in [1.54, 1.807) is 0 Å². The van der Waals surface area contributed by atoms with Gasteiger partial charge in [-0.05, 0) is 75.0 Å². The molecule has 31 heavy (non-hydrogen) atoms. The molecule has 0 bridgehead atoms. The summed E-state index contributed by atoms with van der Waals surface area (Å²) in [4.78, 5) is 23.1. The predicted octanol–water partition coefficient (Wildman–Crippen LogP) is 3.47. The topological polar surface area (TPSA) is 76.3 Å². The number of hydrogen-bond donors (Lipinski definition) is 3. The molecule has 1 aromatic heterocycles. The first kappa shape index (κ1) is 19.6. The van der Waals surface area contributed by atoms with Crippen molar-refractivity contribution in [2.24, 2.45) is 5.92 Å². The molecule has 5 rings (SSSR count). The van der Waals surface area contributed by atoms with Gasteiger partial charge >= 0.3 is 0 Å². The van der Waals surface area contributed by atoms with E-state index < -0.39 is 0 Å². The Kier molecular flexibility index (Phi) is 4.90. The van der Waals surface area contributed by atoms with E-state index in [-0.39, 0.29) is 5.91 Å². The number of hydrazine groups is 2. The second-order valence-electron chi connectivity index (χ2n) is 8.55. The molecule has 1 amide bonds. The molecule has 3 aliphatic heterocycles. The Balaban J connectivity index is 1.29. The normalized spacial score (nSPS) is 18.5. The maximum Gasteiger partial charge on any atom is 0.253 e. The number of aryl methyl sites for hydroxylation is 3. The molecule has 2 aromatic rings. The van der Waals surface area contributed by atoms with Crippen LogP contribution in [0, 0.1) is 26.7 Å². The number of rotatable bonds is 3. The molecule has 0 unspecified atom stereocenters. The zero-order valence-electron chi connectivity index (χ0n) is 18.2. The van der Waals surface area contributed by atoms with Gasteiger partial charge in [-0.15, -0.1) is 5.53 Å². The average Bonchev–Trinajstić information content (AvgIpc) is 3.38. The van der Waals surface area contributed by atoms with E-state index in [9.17, 15) is 4.79 Å². The fourth-order valence-electron chi connectivity index (χ4n) is 4.66. The van der Waals surface area contributed by atoms with Crippen LogP contribution in [0.25, 0.3) is 11.3 Å². The van der Waals surface area contributed by atoms with Crippen LogP contribution in [0.3, 0.4) is 0 Å². The van der Waals surface area contributed by atoms with E-state index in [4.69, 9.17) is 0 Å². The summed E-state index contributed by atoms with van der Waals surface area (Å²) in [6, 6.07) is 5.97. The second-order valence-corrected chi connectivity index (χ2v) is 8.55. The van der Waals surface area contributed by atoms with Crippen molar-refractivity contribution in [3.63, 3.8) is 0 Å². The molecule has 1 fully saturated rings. The van der Waals surface area contributed by atoms with Crippen LogP contribution in [0.4, 0.5) is 0 Å². The number of nitrogens with one attached hydrogen (secondary N) is 3. The molecule has 1 saturated heterocycles. The standard InChI is InChI=1S/C24H28N6O/c1-15-4-5-20(13-22(15)23-16(2)26-17(3)27-23)24(31)29-9-6-18(7-10-29)19-8-11-30-21(12-19)14-25-28-30/h4-5,8,11-14,18,25,28H,6-7,9-10H2,1-3H3,(H,26,27). The first-order chi connectivity index (χ1) is 15.0. The molecule has 0 radical (unpaired) electrons. The average molecular weight is 417 g/mol. The largest absolute Gasteiger partial charge is 0.346 e. The first-order valence-corrected chi connectivity index (χ1v) is 10.8. The summed E-state index contributed by atoms with van der Waals surface area (Å²) in [6.45, 7) is 7.59. The molecule has 1 aromatic carbocycles. The number of aromatic amines is 1. The lowest BCUT2D eigenvalue weighted by atomic mass is 9.87. The maximum atomic E-state index is 13.3. The number of fused-ring (bicyclic) bond motifs is 1. The van der Waals surface area contributed by atoms with E-state index in [2.05, 4.69) is 40.0 Å². The third-order valence-corrected chi connectivity index (χ3v) is 6.41. The molecule has 3 aliphatic rings. The number of hydrogen-bond acceptors (Lipinski definition) is 5. The van der Waals surface area contributed by atoms with Gasteiger partial charge in [-0.1, -0.05) is 6.07 Å². The smallest absolute Gasteiger partial charge is 0.253 e. The van der Waals surface area contributed by atoms with E-state index in [0.717, 1.165) is 65.5 Å². The van der Waals surface area contributed by atoms with Crippen molar-refractivity contribution in [1.82, 2.24) is 30.8 Å². The number of amides is 1. The molecule has 0 aliphatic carbocycles. The molecule has 7 nitrogen and oxygen atoms in total. The van der Waals surface area contributed by atoms with Crippen LogP contribution in [0.15, 0.2) is 54.0 Å². The van der Waals surface area contributed by atoms with Crippen LogP contribution in [0.1, 0.15) is 40.3 Å². The van der Waals surface area contributed by atoms with Crippen LogP contribution in [0.2, 0.25) is 0 Å². The Bertz CT molecular complexity index is 1120. The van der Waals surface area contributed by atoms with Crippen LogP contribution in [0.5, 0.6) is 0 Å². The monoisotopic (exact) mass is 416 g/mol. The van der Waals surface area contributed by atoms with Crippen molar-refractivity contribution >= 4 is 5.91 Å². The third-order valence-electron chi connectivity index (χ3n) is 6.41. The van der Waals surface area contributed by atoms with Crippen molar-refractivity contribution in [2.75, 3.05) is 13.1 Å². The Morgan fingerprint density at radius 3 is 2.71 bits per heavy atom. The number of piperidine rings is 1. The Morgan fingerprint density at radius 1 is 1.16 bits per heavy atom. The maximum absolute atomic E-state index is 13.3. The highest BCUT2D eigenvalue weighted by Gasteiger charge is 2.27. The summed E-state index contributed by atoms with van der Waals surface area (Å²) in [7, 11) is 0. The Hall–Kier alpha value is -3.32. The number of allylic oxidation sites excluding steroid dienone is 3. The van der Waals surface area contributed by atoms with Gasteiger partial charge in [0.1, 0.15) is 5.82 Å². The zero-order valence-corrected chi connectivity index (χ0v) is 18.2. The number of carbonyl (C=O) groups is 1. The quantitative estimate of drug-likeness (QED) is 0.714. The summed E-state index contributed by atoms with van der Waals surface area (Å²) in [6.07, 6.45) is 10.3. The highest BCUT2D eigenvalue weighted by Crippen LogP contribution is 2.31. The fourth-order valence-corrected chi connectivity index (χ4v) is 4.66. The van der Waals surface area contributed by atoms with Crippen LogP contribution < -0.4 is 11.0 Å². The zero-order chi connectivity index (χ0) is 21.5. The number of carbonyl (C=O) groups excluding carboxylic acids is 1. The number of likely N-dealkylation sites (tertiary alicyclic amines) is 1. The summed E-state index contributed by atoms with van der Waals surface area (Å²) in [5, 5.41) is 1.96. The van der Waals surface area contributed by atoms with Gasteiger partial charge in [0.05, 0.1) is 11.4 Å². The molecule has 160 valence electrons. The number of benzene rings is 1. The van der Waals surface area contributed by atoms with E-state index >= 15 is 0 Å². The van der Waals surface area contributed by atoms with Crippen LogP contribution in [-0.4, -0.2) is 38.9 Å². The van der Waals surface area contributed by atoms with Gasteiger partial charge in [-0.2, -0.15) is 0 Å². The van der Waals surface area contributed by atoms with Gasteiger partial charge < -0.3 is 15.3 Å². The summed E-state index contributed by atoms with van der Waals surface area (Å²) in [5.74, 6) is 1.47. The van der Waals surface area contributed by atoms with E-state index in [1.807, 2.05) is 54.4 Å². The lowest BCUT2D eigenvalue weighted by Gasteiger charge is -2.34. The van der Waals surface area contributed by atoms with Gasteiger partial charge in [0, 0.05) is 42.3 Å². The lowest BCUT2D eigenvalue weighted by molar-refractivity contribution is 0.0703. The minimum absolute atomic E-state index is 0.107. The van der Waals surface area contributed by atoms with Crippen molar-refractivity contribution in [3.8, 4) is 11.3 Å². The van der Waals surface area contributed by atoms with Gasteiger partial charge in [-0.3, -0.25) is 9.80 Å². The van der Waals surface area contributed by atoms with Crippen LogP contribution >= 0.6 is 0 Å². The van der Waals surface area contributed by atoms with E-state index in [1.165, 1.54) is 5.57 Å². The second kappa shape index (κ2) is 7.74. The fraction of sp³-hybridized carbons (Fsp3) is 0.333. The molecule has 4 heterocycles. The molecule has 0 spiro atoms. The van der Waals surface area contributed by atoms with Gasteiger partial charge in [0.25, 0.3) is 5.91 Å². The predicted molar refractivity (Wildman–Crippen MR) is 120 cm³/mol. The summed E-state index contributed by atoms with van der Waals surface area (Å²) < 4.78 is 0. The lowest BCUT2D eigenvalue weighted by Crippen LogP contribution is -2.39. The van der Waals surface area contributed by atoms with Gasteiger partial charge in [0.15, 0.2) is 0 Å². The molecule has 7 heteroatoms. The molecule has 0 atom stereocenters. The van der Waals surface area contributed by atoms with Crippen molar-refractivity contribution in [3.05, 3.63) is 76.7 Å². The summed E-state index contributed by atoms with van der Waals surface area (Å²) in [5.41, 5.74) is 13.4. The molecule has 3 N–H and O–H groups in total. The number of imidazole rings is 1. The Labute approximate surface area is 182 Å². The molecular weight excluding hydrogens is 388 g/mol. The third kappa shape index (κ3) is 3.65. The van der Waals surface area contributed by atoms with Crippen molar-refractivity contribution in [1.29, 1.82) is 0 Å². The van der Waals surface area contributed by atoms with Crippen molar-refractivity contribution in [2.45, 2.75) is 33.6 Å².